The van der Waals surface area contributed by atoms with Crippen LogP contribution in [0.3, 0.4) is 0 Å². The third-order valence-corrected chi connectivity index (χ3v) is 4.74. The Balaban J connectivity index is 1.77. The number of pyridine rings is 1. The minimum atomic E-state index is 0.725. The zero-order chi connectivity index (χ0) is 12.4. The van der Waals surface area contributed by atoms with E-state index < -0.39 is 0 Å². The quantitative estimate of drug-likeness (QED) is 0.841. The first kappa shape index (κ1) is 12.0. The highest BCUT2D eigenvalue weighted by molar-refractivity contribution is 7.99. The van der Waals surface area contributed by atoms with Crippen molar-refractivity contribution in [1.29, 1.82) is 0 Å². The van der Waals surface area contributed by atoms with Crippen molar-refractivity contribution in [3.8, 4) is 0 Å². The lowest BCUT2D eigenvalue weighted by molar-refractivity contribution is 0.252. The summed E-state index contributed by atoms with van der Waals surface area (Å²) in [5.41, 5.74) is 2.28. The van der Waals surface area contributed by atoms with Crippen molar-refractivity contribution in [2.45, 2.75) is 19.0 Å². The Kier molecular flexibility index (Phi) is 3.52. The van der Waals surface area contributed by atoms with E-state index in [1.54, 1.807) is 0 Å². The van der Waals surface area contributed by atoms with E-state index in [-0.39, 0.29) is 0 Å². The third kappa shape index (κ3) is 2.52. The Morgan fingerprint density at radius 3 is 3.00 bits per heavy atom. The maximum Gasteiger partial charge on any atom is 0.0705 e. The van der Waals surface area contributed by atoms with Gasteiger partial charge in [0.2, 0.25) is 0 Å². The molecule has 1 aromatic heterocycles. The van der Waals surface area contributed by atoms with E-state index in [9.17, 15) is 0 Å². The molecule has 1 saturated heterocycles. The molecule has 18 heavy (non-hydrogen) atoms. The molecular weight excluding hydrogens is 240 g/mol. The van der Waals surface area contributed by atoms with Gasteiger partial charge in [-0.25, -0.2) is 0 Å². The number of hydrogen-bond donors (Lipinski definition) is 0. The van der Waals surface area contributed by atoms with Crippen molar-refractivity contribution in [3.05, 3.63) is 42.1 Å². The highest BCUT2D eigenvalue weighted by Gasteiger charge is 2.20. The van der Waals surface area contributed by atoms with Gasteiger partial charge in [-0.1, -0.05) is 24.3 Å². The molecule has 1 aliphatic heterocycles. The molecule has 1 fully saturated rings. The molecule has 0 N–H and O–H groups in total. The monoisotopic (exact) mass is 258 g/mol. The van der Waals surface area contributed by atoms with Gasteiger partial charge in [0.25, 0.3) is 0 Å². The van der Waals surface area contributed by atoms with Gasteiger partial charge in [0, 0.05) is 23.7 Å². The zero-order valence-electron chi connectivity index (χ0n) is 10.7. The van der Waals surface area contributed by atoms with E-state index in [2.05, 4.69) is 60.1 Å². The van der Waals surface area contributed by atoms with Gasteiger partial charge in [-0.15, -0.1) is 0 Å². The molecule has 0 amide bonds. The lowest BCUT2D eigenvalue weighted by Crippen LogP contribution is -2.31. The first-order chi connectivity index (χ1) is 8.83. The van der Waals surface area contributed by atoms with Crippen LogP contribution in [-0.4, -0.2) is 34.5 Å². The predicted octanol–water partition coefficient (Wildman–Crippen LogP) is 3.17. The molecule has 3 heteroatoms. The smallest absolute Gasteiger partial charge is 0.0705 e. The highest BCUT2D eigenvalue weighted by Crippen LogP contribution is 2.22. The number of benzene rings is 1. The van der Waals surface area contributed by atoms with Crippen molar-refractivity contribution in [1.82, 2.24) is 9.88 Å². The molecule has 3 rings (SSSR count). The number of hydrogen-bond acceptors (Lipinski definition) is 3. The molecule has 0 saturated carbocycles. The number of fused-ring (bicyclic) bond motifs is 1. The zero-order valence-corrected chi connectivity index (χ0v) is 11.5. The van der Waals surface area contributed by atoms with E-state index in [0.29, 0.717) is 0 Å². The Hall–Kier alpha value is -1.06. The molecule has 2 aromatic rings. The van der Waals surface area contributed by atoms with Gasteiger partial charge >= 0.3 is 0 Å². The number of nitrogens with zero attached hydrogens (tertiary/aromatic N) is 2. The molecule has 94 valence electrons. The molecular formula is C15H18N2S. The highest BCUT2D eigenvalue weighted by atomic mass is 32.2. The number of para-hydroxylation sites is 1. The van der Waals surface area contributed by atoms with Gasteiger partial charge in [0.15, 0.2) is 0 Å². The summed E-state index contributed by atoms with van der Waals surface area (Å²) in [6.07, 6.45) is 1.31. The van der Waals surface area contributed by atoms with Crippen LogP contribution in [0.2, 0.25) is 0 Å². The van der Waals surface area contributed by atoms with Crippen LogP contribution in [-0.2, 0) is 6.54 Å². The van der Waals surface area contributed by atoms with Gasteiger partial charge in [-0.3, -0.25) is 9.88 Å². The Bertz CT molecular complexity index is 535. The average molecular weight is 258 g/mol. The predicted molar refractivity (Wildman–Crippen MR) is 78.9 cm³/mol. The largest absolute Gasteiger partial charge is 0.297 e. The Labute approximate surface area is 112 Å². The van der Waals surface area contributed by atoms with Crippen LogP contribution in [0.1, 0.15) is 12.1 Å². The summed E-state index contributed by atoms with van der Waals surface area (Å²) >= 11 is 2.06. The van der Waals surface area contributed by atoms with E-state index in [1.165, 1.54) is 29.0 Å². The van der Waals surface area contributed by atoms with Crippen LogP contribution in [0, 0.1) is 0 Å². The van der Waals surface area contributed by atoms with Crippen LogP contribution in [0.15, 0.2) is 36.4 Å². The minimum absolute atomic E-state index is 0.725. The maximum atomic E-state index is 4.74. The van der Waals surface area contributed by atoms with Crippen molar-refractivity contribution in [3.63, 3.8) is 0 Å². The molecule has 2 heterocycles. The summed E-state index contributed by atoms with van der Waals surface area (Å²) in [6.45, 7) is 0.954. The Morgan fingerprint density at radius 1 is 1.28 bits per heavy atom. The fraction of sp³-hybridized carbons (Fsp3) is 0.400. The molecule has 1 aliphatic rings. The minimum Gasteiger partial charge on any atom is -0.297 e. The summed E-state index contributed by atoms with van der Waals surface area (Å²) in [6, 6.07) is 13.4. The normalized spacial score (nSPS) is 19.8. The van der Waals surface area contributed by atoms with Gasteiger partial charge in [-0.05, 0) is 31.4 Å². The van der Waals surface area contributed by atoms with Crippen LogP contribution >= 0.6 is 11.8 Å². The van der Waals surface area contributed by atoms with E-state index in [1.807, 2.05) is 0 Å². The summed E-state index contributed by atoms with van der Waals surface area (Å²) in [5.74, 6) is 2.57. The maximum absolute atomic E-state index is 4.74. The van der Waals surface area contributed by atoms with Crippen LogP contribution < -0.4 is 0 Å². The summed E-state index contributed by atoms with van der Waals surface area (Å²) < 4.78 is 0. The molecule has 0 radical (unpaired) electrons. The molecule has 0 bridgehead atoms. The van der Waals surface area contributed by atoms with Crippen molar-refractivity contribution >= 4 is 22.7 Å². The van der Waals surface area contributed by atoms with E-state index in [0.717, 1.165) is 18.1 Å². The van der Waals surface area contributed by atoms with Crippen molar-refractivity contribution in [2.24, 2.45) is 0 Å². The van der Waals surface area contributed by atoms with Gasteiger partial charge in [0.1, 0.15) is 0 Å². The second-order valence-electron chi connectivity index (χ2n) is 4.93. The summed E-state index contributed by atoms with van der Waals surface area (Å²) in [5, 5.41) is 1.22. The third-order valence-electron chi connectivity index (χ3n) is 3.60. The number of rotatable bonds is 3. The molecule has 1 atom stereocenters. The van der Waals surface area contributed by atoms with Crippen LogP contribution in [0.4, 0.5) is 0 Å². The van der Waals surface area contributed by atoms with Gasteiger partial charge in [0.05, 0.1) is 11.2 Å². The first-order valence-electron chi connectivity index (χ1n) is 6.45. The summed E-state index contributed by atoms with van der Waals surface area (Å²) in [7, 11) is 2.22. The van der Waals surface area contributed by atoms with Crippen LogP contribution in [0.25, 0.3) is 10.9 Å². The average Bonchev–Trinajstić information content (AvgIpc) is 2.92. The SMILES string of the molecule is CN(Cc1ccc2ccccc2n1)[C@@H]1CCSC1. The fourth-order valence-electron chi connectivity index (χ4n) is 2.45. The lowest BCUT2D eigenvalue weighted by atomic mass is 10.2. The van der Waals surface area contributed by atoms with E-state index in [4.69, 9.17) is 4.98 Å². The standard InChI is InChI=1S/C15H18N2S/c1-17(14-8-9-18-11-14)10-13-7-6-12-4-2-3-5-15(12)16-13/h2-7,14H,8-11H2,1H3/t14-/m1/s1. The number of thioether (sulfide) groups is 1. The van der Waals surface area contributed by atoms with E-state index >= 15 is 0 Å². The molecule has 1 aromatic carbocycles. The Morgan fingerprint density at radius 2 is 2.17 bits per heavy atom. The molecule has 0 unspecified atom stereocenters. The first-order valence-corrected chi connectivity index (χ1v) is 7.61. The lowest BCUT2D eigenvalue weighted by Gasteiger charge is -2.23. The second-order valence-corrected chi connectivity index (χ2v) is 6.08. The van der Waals surface area contributed by atoms with Crippen LogP contribution in [0.5, 0.6) is 0 Å². The molecule has 0 aliphatic carbocycles. The fourth-order valence-corrected chi connectivity index (χ4v) is 3.75. The molecule has 0 spiro atoms. The number of aromatic nitrogens is 1. The summed E-state index contributed by atoms with van der Waals surface area (Å²) in [4.78, 5) is 7.18. The van der Waals surface area contributed by atoms with Crippen molar-refractivity contribution in [2.75, 3.05) is 18.6 Å². The van der Waals surface area contributed by atoms with Crippen molar-refractivity contribution < 1.29 is 0 Å². The molecule has 2 nitrogen and oxygen atoms in total. The van der Waals surface area contributed by atoms with Gasteiger partial charge < -0.3 is 0 Å². The van der Waals surface area contributed by atoms with Gasteiger partial charge in [-0.2, -0.15) is 11.8 Å². The second kappa shape index (κ2) is 5.29. The topological polar surface area (TPSA) is 16.1 Å².